The van der Waals surface area contributed by atoms with Gasteiger partial charge < -0.3 is 35.2 Å². The van der Waals surface area contributed by atoms with Crippen molar-refractivity contribution in [3.05, 3.63) is 95.1 Å². The fourth-order valence-electron chi connectivity index (χ4n) is 5.87. The number of phenols is 2. The van der Waals surface area contributed by atoms with Crippen LogP contribution in [-0.4, -0.2) is 68.3 Å². The summed E-state index contributed by atoms with van der Waals surface area (Å²) in [5, 5.41) is 26.9. The van der Waals surface area contributed by atoms with Crippen LogP contribution >= 0.6 is 0 Å². The van der Waals surface area contributed by atoms with Gasteiger partial charge in [0.2, 0.25) is 11.8 Å². The van der Waals surface area contributed by atoms with Gasteiger partial charge in [0.05, 0.1) is 0 Å². The molecule has 0 heterocycles. The van der Waals surface area contributed by atoms with Gasteiger partial charge in [-0.2, -0.15) is 0 Å². The van der Waals surface area contributed by atoms with Crippen LogP contribution in [-0.2, 0) is 36.7 Å². The van der Waals surface area contributed by atoms with Crippen molar-refractivity contribution in [1.29, 1.82) is 0 Å². The molecule has 0 saturated heterocycles. The second kappa shape index (κ2) is 16.3. The number of phenolic OH excluding ortho intramolecular Hbond substituents is 2. The SMILES string of the molecule is Cc1cccc(C(C(=O)NC(Cc2ccccc2)C(=O)OC(C)(C)C)N(C(=O)C(Cc2ccc(O)cc2)NC(=O)OC(C)(C)C)C2CCC2)c1O. The Bertz CT molecular complexity index is 1670. The number of carbonyl (C=O) groups excluding carboxylic acids is 4. The van der Waals surface area contributed by atoms with Gasteiger partial charge in [0.25, 0.3) is 0 Å². The summed E-state index contributed by atoms with van der Waals surface area (Å²) in [5.74, 6) is -2.04. The van der Waals surface area contributed by atoms with Crippen LogP contribution in [0.5, 0.6) is 11.5 Å². The van der Waals surface area contributed by atoms with E-state index in [1.165, 1.54) is 17.0 Å². The fraction of sp³-hybridized carbons (Fsp3) is 0.450. The van der Waals surface area contributed by atoms with Crippen LogP contribution in [0.3, 0.4) is 0 Å². The van der Waals surface area contributed by atoms with Crippen LogP contribution < -0.4 is 10.6 Å². The number of benzene rings is 3. The van der Waals surface area contributed by atoms with E-state index in [2.05, 4.69) is 10.6 Å². The number of alkyl carbamates (subject to hydrolysis) is 1. The third kappa shape index (κ3) is 11.0. The molecule has 11 nitrogen and oxygen atoms in total. The van der Waals surface area contributed by atoms with Crippen molar-refractivity contribution in [3.63, 3.8) is 0 Å². The zero-order chi connectivity index (χ0) is 37.5. The molecule has 0 aromatic heterocycles. The summed E-state index contributed by atoms with van der Waals surface area (Å²) in [6.45, 7) is 12.0. The first-order chi connectivity index (χ1) is 23.9. The molecule has 0 bridgehead atoms. The molecule has 0 spiro atoms. The van der Waals surface area contributed by atoms with Crippen molar-refractivity contribution in [1.82, 2.24) is 15.5 Å². The Kier molecular flexibility index (Phi) is 12.4. The topological polar surface area (TPSA) is 154 Å². The van der Waals surface area contributed by atoms with E-state index in [0.29, 0.717) is 24.0 Å². The van der Waals surface area contributed by atoms with Gasteiger partial charge in [0.1, 0.15) is 40.8 Å². The normalized spacial score (nSPS) is 15.0. The number of hydrogen-bond donors (Lipinski definition) is 4. The van der Waals surface area contributed by atoms with Crippen molar-refractivity contribution in [2.75, 3.05) is 0 Å². The van der Waals surface area contributed by atoms with Crippen LogP contribution in [0.4, 0.5) is 4.79 Å². The smallest absolute Gasteiger partial charge is 0.408 e. The highest BCUT2D eigenvalue weighted by Gasteiger charge is 2.44. The number of carbonyl (C=O) groups is 4. The first kappa shape index (κ1) is 38.7. The number of aryl methyl sites for hydroxylation is 1. The molecule has 0 radical (unpaired) electrons. The summed E-state index contributed by atoms with van der Waals surface area (Å²) in [6, 6.07) is 16.3. The van der Waals surface area contributed by atoms with Crippen LogP contribution in [0.15, 0.2) is 72.8 Å². The minimum absolute atomic E-state index is 0.0181. The minimum Gasteiger partial charge on any atom is -0.508 e. The highest BCUT2D eigenvalue weighted by atomic mass is 16.6. The van der Waals surface area contributed by atoms with Gasteiger partial charge >= 0.3 is 12.1 Å². The summed E-state index contributed by atoms with van der Waals surface area (Å²) >= 11 is 0. The molecule has 3 amide bonds. The zero-order valence-corrected chi connectivity index (χ0v) is 30.6. The molecule has 11 heteroatoms. The van der Waals surface area contributed by atoms with Gasteiger partial charge in [-0.3, -0.25) is 9.59 Å². The molecule has 1 saturated carbocycles. The van der Waals surface area contributed by atoms with Gasteiger partial charge in [-0.25, -0.2) is 9.59 Å². The molecule has 4 rings (SSSR count). The van der Waals surface area contributed by atoms with Crippen molar-refractivity contribution >= 4 is 23.9 Å². The summed E-state index contributed by atoms with van der Waals surface area (Å²) in [4.78, 5) is 57.9. The molecule has 3 atom stereocenters. The summed E-state index contributed by atoms with van der Waals surface area (Å²) in [7, 11) is 0. The Labute approximate surface area is 300 Å². The molecule has 4 N–H and O–H groups in total. The lowest BCUT2D eigenvalue weighted by Gasteiger charge is -2.44. The average molecular weight is 702 g/mol. The standard InChI is InChI=1S/C40H51N3O8/c1-25-13-11-18-30(34(25)45)33(35(46)41-32(37(48)50-39(2,3)4)24-26-14-9-8-10-15-26)43(28-16-12-17-28)36(47)31(42-38(49)51-40(5,6)7)23-27-19-21-29(44)22-20-27/h8-11,13-15,18-22,28,31-33,44-45H,12,16-17,23-24H2,1-7H3,(H,41,46)(H,42,49). The Balaban J connectivity index is 1.80. The molecule has 0 aliphatic heterocycles. The number of nitrogens with zero attached hydrogens (tertiary/aromatic N) is 1. The summed E-state index contributed by atoms with van der Waals surface area (Å²) < 4.78 is 11.2. The Hall–Kier alpha value is -5.06. The molecule has 3 unspecified atom stereocenters. The maximum Gasteiger partial charge on any atom is 0.408 e. The first-order valence-corrected chi connectivity index (χ1v) is 17.4. The molecule has 1 aliphatic carbocycles. The molecule has 51 heavy (non-hydrogen) atoms. The first-order valence-electron chi connectivity index (χ1n) is 17.4. The number of rotatable bonds is 12. The van der Waals surface area contributed by atoms with Gasteiger partial charge in [-0.1, -0.05) is 60.7 Å². The van der Waals surface area contributed by atoms with E-state index < -0.39 is 59.2 Å². The monoisotopic (exact) mass is 701 g/mol. The van der Waals surface area contributed by atoms with Crippen molar-refractivity contribution in [2.24, 2.45) is 0 Å². The number of para-hydroxylation sites is 1. The highest BCUT2D eigenvalue weighted by Crippen LogP contribution is 2.38. The van der Waals surface area contributed by atoms with Gasteiger partial charge in [-0.05, 0) is 96.6 Å². The molecular weight excluding hydrogens is 650 g/mol. The number of hydrogen-bond acceptors (Lipinski definition) is 8. The number of nitrogens with one attached hydrogen (secondary N) is 2. The average Bonchev–Trinajstić information content (AvgIpc) is 3.00. The van der Waals surface area contributed by atoms with E-state index in [-0.39, 0.29) is 29.9 Å². The lowest BCUT2D eigenvalue weighted by Crippen LogP contribution is -2.59. The minimum atomic E-state index is -1.38. The predicted octanol–water partition coefficient (Wildman–Crippen LogP) is 6.03. The van der Waals surface area contributed by atoms with Gasteiger partial charge in [0.15, 0.2) is 0 Å². The summed E-state index contributed by atoms with van der Waals surface area (Å²) in [5.41, 5.74) is 0.403. The molecule has 1 fully saturated rings. The second-order valence-electron chi connectivity index (χ2n) is 15.1. The molecular formula is C40H51N3O8. The molecule has 274 valence electrons. The highest BCUT2D eigenvalue weighted by molar-refractivity contribution is 5.95. The van der Waals surface area contributed by atoms with E-state index in [0.717, 1.165) is 12.0 Å². The number of amides is 3. The van der Waals surface area contributed by atoms with E-state index in [4.69, 9.17) is 9.47 Å². The quantitative estimate of drug-likeness (QED) is 0.167. The van der Waals surface area contributed by atoms with E-state index in [1.54, 1.807) is 78.8 Å². The number of ether oxygens (including phenoxy) is 2. The molecule has 1 aliphatic rings. The third-order valence-electron chi connectivity index (χ3n) is 8.47. The van der Waals surface area contributed by atoms with E-state index in [9.17, 15) is 29.4 Å². The van der Waals surface area contributed by atoms with Crippen molar-refractivity contribution in [2.45, 2.75) is 116 Å². The second-order valence-corrected chi connectivity index (χ2v) is 15.1. The van der Waals surface area contributed by atoms with Crippen molar-refractivity contribution < 1.29 is 38.9 Å². The van der Waals surface area contributed by atoms with Crippen LogP contribution in [0, 0.1) is 6.92 Å². The van der Waals surface area contributed by atoms with Gasteiger partial charge in [0, 0.05) is 24.4 Å². The lowest BCUT2D eigenvalue weighted by atomic mass is 9.87. The zero-order valence-electron chi connectivity index (χ0n) is 30.6. The largest absolute Gasteiger partial charge is 0.508 e. The van der Waals surface area contributed by atoms with E-state index in [1.807, 2.05) is 30.3 Å². The van der Waals surface area contributed by atoms with Crippen molar-refractivity contribution in [3.8, 4) is 11.5 Å². The third-order valence-corrected chi connectivity index (χ3v) is 8.47. The van der Waals surface area contributed by atoms with Gasteiger partial charge in [-0.15, -0.1) is 0 Å². The lowest BCUT2D eigenvalue weighted by molar-refractivity contribution is -0.159. The number of esters is 1. The Morgan fingerprint density at radius 1 is 0.765 bits per heavy atom. The molecule has 3 aromatic rings. The maximum atomic E-state index is 14.9. The fourth-order valence-corrected chi connectivity index (χ4v) is 5.87. The maximum absolute atomic E-state index is 14.9. The Morgan fingerprint density at radius 2 is 1.35 bits per heavy atom. The predicted molar refractivity (Wildman–Crippen MR) is 193 cm³/mol. The van der Waals surface area contributed by atoms with Crippen LogP contribution in [0.1, 0.15) is 89.1 Å². The Morgan fingerprint density at radius 3 is 1.92 bits per heavy atom. The number of aromatic hydroxyl groups is 2. The molecule has 3 aromatic carbocycles. The summed E-state index contributed by atoms with van der Waals surface area (Å²) in [6.07, 6.45) is 1.29. The van der Waals surface area contributed by atoms with Crippen LogP contribution in [0.25, 0.3) is 0 Å². The van der Waals surface area contributed by atoms with Crippen LogP contribution in [0.2, 0.25) is 0 Å². The van der Waals surface area contributed by atoms with E-state index >= 15 is 0 Å².